The molecule has 0 bridgehead atoms. The maximum Gasteiger partial charge on any atom is 0.246 e. The van der Waals surface area contributed by atoms with E-state index in [1.165, 1.54) is 4.90 Å². The molecular weight excluding hydrogens is 413 g/mol. The lowest BCUT2D eigenvalue weighted by molar-refractivity contribution is -0.133. The zero-order valence-corrected chi connectivity index (χ0v) is 16.6. The van der Waals surface area contributed by atoms with Gasteiger partial charge in [-0.05, 0) is 25.0 Å². The van der Waals surface area contributed by atoms with Crippen LogP contribution in [0.5, 0.6) is 0 Å². The van der Waals surface area contributed by atoms with Gasteiger partial charge in [-0.15, -0.1) is 0 Å². The molecule has 1 amide bonds. The molecule has 1 atom stereocenters. The number of carbonyl (C=O) groups excluding carboxylic acids is 1. The van der Waals surface area contributed by atoms with E-state index in [1.807, 2.05) is 0 Å². The van der Waals surface area contributed by atoms with Gasteiger partial charge in [-0.3, -0.25) is 4.79 Å². The number of hydrogen-bond acceptors (Lipinski definition) is 5. The molecule has 2 aliphatic heterocycles. The van der Waals surface area contributed by atoms with Gasteiger partial charge in [0.1, 0.15) is 4.90 Å². The van der Waals surface area contributed by atoms with E-state index in [-0.39, 0.29) is 51.2 Å². The first-order chi connectivity index (χ1) is 13.8. The minimum Gasteiger partial charge on any atom is -0.378 e. The molecule has 1 unspecified atom stereocenters. The third kappa shape index (κ3) is 5.08. The summed E-state index contributed by atoms with van der Waals surface area (Å²) in [6.07, 6.45) is 2.20. The molecule has 162 valence electrons. The smallest absolute Gasteiger partial charge is 0.246 e. The monoisotopic (exact) mass is 436 g/mol. The van der Waals surface area contributed by atoms with Gasteiger partial charge in [0.15, 0.2) is 17.5 Å². The molecule has 2 heterocycles. The van der Waals surface area contributed by atoms with Gasteiger partial charge >= 0.3 is 0 Å². The summed E-state index contributed by atoms with van der Waals surface area (Å²) in [4.78, 5) is 12.8. The van der Waals surface area contributed by atoms with Crippen LogP contribution in [-0.2, 0) is 24.3 Å². The maximum atomic E-state index is 13.9. The van der Waals surface area contributed by atoms with E-state index in [4.69, 9.17) is 9.47 Å². The lowest BCUT2D eigenvalue weighted by Crippen LogP contribution is -2.50. The Morgan fingerprint density at radius 2 is 1.86 bits per heavy atom. The molecule has 7 nitrogen and oxygen atoms in total. The molecule has 0 aromatic heterocycles. The number of ether oxygens (including phenoxy) is 2. The normalized spacial score (nSPS) is 20.9. The molecule has 0 saturated carbocycles. The number of benzene rings is 1. The topological polar surface area (TPSA) is 76.2 Å². The van der Waals surface area contributed by atoms with Crippen molar-refractivity contribution in [2.24, 2.45) is 0 Å². The first-order valence-corrected chi connectivity index (χ1v) is 10.9. The van der Waals surface area contributed by atoms with Gasteiger partial charge < -0.3 is 14.4 Å². The number of rotatable bonds is 7. The summed E-state index contributed by atoms with van der Waals surface area (Å²) in [5, 5.41) is 0. The number of hydrogen-bond donors (Lipinski definition) is 0. The summed E-state index contributed by atoms with van der Waals surface area (Å²) in [7, 11) is -4.34. The number of halogens is 3. The fourth-order valence-electron chi connectivity index (χ4n) is 3.33. The number of sulfonamides is 1. The maximum absolute atomic E-state index is 13.9. The van der Waals surface area contributed by atoms with Crippen molar-refractivity contribution in [3.8, 4) is 0 Å². The highest BCUT2D eigenvalue weighted by atomic mass is 32.2. The highest BCUT2D eigenvalue weighted by molar-refractivity contribution is 7.89. The second kappa shape index (κ2) is 9.41. The van der Waals surface area contributed by atoms with Crippen molar-refractivity contribution in [1.82, 2.24) is 9.21 Å². The standard InChI is InChI=1S/C18H23F3N2O5S/c19-14-3-4-15(18(21)17(14)20)29(25,26)23-8-6-22(7-9-23)16(24)5-11-27-12-13-2-1-10-28-13/h3-4,13H,1-2,5-12H2. The van der Waals surface area contributed by atoms with Crippen LogP contribution in [-0.4, -0.2) is 75.6 Å². The molecule has 29 heavy (non-hydrogen) atoms. The predicted molar refractivity (Wildman–Crippen MR) is 96.1 cm³/mol. The Bertz CT molecular complexity index is 838. The second-order valence-electron chi connectivity index (χ2n) is 6.92. The fourth-order valence-corrected chi connectivity index (χ4v) is 4.81. The van der Waals surface area contributed by atoms with Gasteiger partial charge in [-0.25, -0.2) is 21.6 Å². The van der Waals surface area contributed by atoms with Gasteiger partial charge in [-0.2, -0.15) is 4.31 Å². The summed E-state index contributed by atoms with van der Waals surface area (Å²) in [5.74, 6) is -5.21. The Hall–Kier alpha value is -1.69. The average molecular weight is 436 g/mol. The van der Waals surface area contributed by atoms with Crippen LogP contribution < -0.4 is 0 Å². The van der Waals surface area contributed by atoms with Crippen LogP contribution in [0.25, 0.3) is 0 Å². The fraction of sp³-hybridized carbons (Fsp3) is 0.611. The number of carbonyl (C=O) groups is 1. The van der Waals surface area contributed by atoms with E-state index < -0.39 is 32.4 Å². The molecule has 2 fully saturated rings. The largest absolute Gasteiger partial charge is 0.378 e. The third-order valence-electron chi connectivity index (χ3n) is 5.00. The minimum atomic E-state index is -4.34. The van der Waals surface area contributed by atoms with E-state index in [0.29, 0.717) is 18.7 Å². The van der Waals surface area contributed by atoms with Crippen LogP contribution in [0, 0.1) is 17.5 Å². The molecule has 11 heteroatoms. The summed E-state index contributed by atoms with van der Waals surface area (Å²) >= 11 is 0. The molecule has 0 aliphatic carbocycles. The molecule has 1 aromatic carbocycles. The van der Waals surface area contributed by atoms with Gasteiger partial charge in [0.05, 0.1) is 25.7 Å². The Kier molecular flexibility index (Phi) is 7.14. The zero-order chi connectivity index (χ0) is 21.0. The molecule has 2 aliphatic rings. The van der Waals surface area contributed by atoms with Crippen molar-refractivity contribution in [2.45, 2.75) is 30.3 Å². The summed E-state index contributed by atoms with van der Waals surface area (Å²) in [6, 6.07) is 1.27. The quantitative estimate of drug-likeness (QED) is 0.479. The van der Waals surface area contributed by atoms with E-state index in [2.05, 4.69) is 0 Å². The number of piperazine rings is 1. The summed E-state index contributed by atoms with van der Waals surface area (Å²) in [5.41, 5.74) is 0. The van der Waals surface area contributed by atoms with Gasteiger partial charge in [0.25, 0.3) is 0 Å². The van der Waals surface area contributed by atoms with E-state index >= 15 is 0 Å². The van der Waals surface area contributed by atoms with Crippen molar-refractivity contribution in [1.29, 1.82) is 0 Å². The first-order valence-electron chi connectivity index (χ1n) is 9.41. The Morgan fingerprint density at radius 3 is 2.52 bits per heavy atom. The molecule has 0 spiro atoms. The Balaban J connectivity index is 1.49. The van der Waals surface area contributed by atoms with Crippen molar-refractivity contribution in [3.05, 3.63) is 29.6 Å². The molecule has 1 aromatic rings. The van der Waals surface area contributed by atoms with Gasteiger partial charge in [-0.1, -0.05) is 0 Å². The number of amides is 1. The van der Waals surface area contributed by atoms with E-state index in [1.54, 1.807) is 0 Å². The highest BCUT2D eigenvalue weighted by Crippen LogP contribution is 2.24. The van der Waals surface area contributed by atoms with E-state index in [0.717, 1.165) is 23.8 Å². The highest BCUT2D eigenvalue weighted by Gasteiger charge is 2.33. The van der Waals surface area contributed by atoms with Gasteiger partial charge in [0.2, 0.25) is 15.9 Å². The molecule has 0 N–H and O–H groups in total. The summed E-state index contributed by atoms with van der Waals surface area (Å²) in [6.45, 7) is 1.53. The average Bonchev–Trinajstić information content (AvgIpc) is 3.23. The van der Waals surface area contributed by atoms with Crippen molar-refractivity contribution in [2.75, 3.05) is 46.0 Å². The Labute approximate surface area is 167 Å². The van der Waals surface area contributed by atoms with Crippen LogP contribution in [0.3, 0.4) is 0 Å². The third-order valence-corrected chi connectivity index (χ3v) is 6.91. The van der Waals surface area contributed by atoms with Crippen LogP contribution >= 0.6 is 0 Å². The summed E-state index contributed by atoms with van der Waals surface area (Å²) < 4.78 is 77.3. The molecule has 3 rings (SSSR count). The zero-order valence-electron chi connectivity index (χ0n) is 15.8. The molecular formula is C18H23F3N2O5S. The van der Waals surface area contributed by atoms with E-state index in [9.17, 15) is 26.4 Å². The van der Waals surface area contributed by atoms with Crippen molar-refractivity contribution >= 4 is 15.9 Å². The lowest BCUT2D eigenvalue weighted by Gasteiger charge is -2.34. The van der Waals surface area contributed by atoms with Gasteiger partial charge in [0, 0.05) is 32.8 Å². The predicted octanol–water partition coefficient (Wildman–Crippen LogP) is 1.52. The minimum absolute atomic E-state index is 0.0662. The SMILES string of the molecule is O=C(CCOCC1CCCO1)N1CCN(S(=O)(=O)c2ccc(F)c(F)c2F)CC1. The van der Waals surface area contributed by atoms with Crippen LogP contribution in [0.1, 0.15) is 19.3 Å². The van der Waals surface area contributed by atoms with Crippen LogP contribution in [0.15, 0.2) is 17.0 Å². The van der Waals surface area contributed by atoms with Crippen LogP contribution in [0.4, 0.5) is 13.2 Å². The van der Waals surface area contributed by atoms with Crippen molar-refractivity contribution in [3.63, 3.8) is 0 Å². The molecule has 0 radical (unpaired) electrons. The van der Waals surface area contributed by atoms with Crippen LogP contribution in [0.2, 0.25) is 0 Å². The second-order valence-corrected chi connectivity index (χ2v) is 8.82. The lowest BCUT2D eigenvalue weighted by atomic mass is 10.2. The molecule has 2 saturated heterocycles. The first kappa shape index (κ1) is 22.0. The Morgan fingerprint density at radius 1 is 1.14 bits per heavy atom. The number of nitrogens with zero attached hydrogens (tertiary/aromatic N) is 2. The van der Waals surface area contributed by atoms with Crippen molar-refractivity contribution < 1.29 is 35.9 Å².